The summed E-state index contributed by atoms with van der Waals surface area (Å²) >= 11 is 2.00. The molecule has 0 amide bonds. The monoisotopic (exact) mass is 277 g/mol. The van der Waals surface area contributed by atoms with Crippen LogP contribution in [0.3, 0.4) is 0 Å². The summed E-state index contributed by atoms with van der Waals surface area (Å²) < 4.78 is 0.734. The second-order valence-corrected chi connectivity index (χ2v) is 3.70. The average Bonchev–Trinajstić information content (AvgIpc) is 1.97. The summed E-state index contributed by atoms with van der Waals surface area (Å²) in [6.45, 7) is 3.62. The standard InChI is InChI=1S/C8H8INO2/c1-5-3-4-6(2)8(7(5)9)10(11)12/h3-4H,1-2H3. The fourth-order valence-corrected chi connectivity index (χ4v) is 1.79. The molecule has 0 N–H and O–H groups in total. The van der Waals surface area contributed by atoms with E-state index >= 15 is 0 Å². The van der Waals surface area contributed by atoms with E-state index in [1.54, 1.807) is 13.0 Å². The van der Waals surface area contributed by atoms with E-state index in [0.717, 1.165) is 14.7 Å². The summed E-state index contributed by atoms with van der Waals surface area (Å²) in [5.41, 5.74) is 1.90. The molecule has 1 rings (SSSR count). The molecule has 0 aliphatic rings. The van der Waals surface area contributed by atoms with Crippen LogP contribution in [-0.4, -0.2) is 4.92 Å². The number of hydrogen-bond donors (Lipinski definition) is 0. The van der Waals surface area contributed by atoms with E-state index < -0.39 is 0 Å². The van der Waals surface area contributed by atoms with Crippen LogP contribution in [0.5, 0.6) is 0 Å². The van der Waals surface area contributed by atoms with Crippen molar-refractivity contribution in [2.45, 2.75) is 13.8 Å². The van der Waals surface area contributed by atoms with Crippen molar-refractivity contribution in [2.24, 2.45) is 0 Å². The first-order valence-corrected chi connectivity index (χ1v) is 4.52. The Bertz CT molecular complexity index is 336. The second-order valence-electron chi connectivity index (χ2n) is 2.62. The predicted octanol–water partition coefficient (Wildman–Crippen LogP) is 2.82. The van der Waals surface area contributed by atoms with Crippen LogP contribution < -0.4 is 0 Å². The first kappa shape index (κ1) is 9.44. The Morgan fingerprint density at radius 2 is 1.83 bits per heavy atom. The van der Waals surface area contributed by atoms with Gasteiger partial charge >= 0.3 is 0 Å². The van der Waals surface area contributed by atoms with Crippen LogP contribution in [0.2, 0.25) is 0 Å². The molecule has 0 heterocycles. The van der Waals surface area contributed by atoms with Gasteiger partial charge in [0.15, 0.2) is 0 Å². The van der Waals surface area contributed by atoms with Crippen LogP contribution in [-0.2, 0) is 0 Å². The Kier molecular flexibility index (Phi) is 2.66. The predicted molar refractivity (Wildman–Crippen MR) is 55.3 cm³/mol. The van der Waals surface area contributed by atoms with Gasteiger partial charge in [0, 0.05) is 5.56 Å². The molecule has 0 spiro atoms. The van der Waals surface area contributed by atoms with Gasteiger partial charge in [-0.3, -0.25) is 10.1 Å². The van der Waals surface area contributed by atoms with Crippen molar-refractivity contribution in [3.05, 3.63) is 36.9 Å². The molecule has 3 nitrogen and oxygen atoms in total. The van der Waals surface area contributed by atoms with Crippen LogP contribution in [0.1, 0.15) is 11.1 Å². The number of aryl methyl sites for hydroxylation is 2. The minimum absolute atomic E-state index is 0.232. The zero-order valence-electron chi connectivity index (χ0n) is 6.80. The molecular weight excluding hydrogens is 269 g/mol. The molecule has 0 aliphatic heterocycles. The van der Waals surface area contributed by atoms with Crippen molar-refractivity contribution in [2.75, 3.05) is 0 Å². The Morgan fingerprint density at radius 3 is 2.25 bits per heavy atom. The van der Waals surface area contributed by atoms with Crippen molar-refractivity contribution < 1.29 is 4.92 Å². The third kappa shape index (κ3) is 1.57. The van der Waals surface area contributed by atoms with E-state index in [9.17, 15) is 10.1 Å². The summed E-state index contributed by atoms with van der Waals surface area (Å²) in [7, 11) is 0. The van der Waals surface area contributed by atoms with Crippen molar-refractivity contribution in [3.8, 4) is 0 Å². The molecule has 0 fully saturated rings. The molecule has 0 saturated carbocycles. The van der Waals surface area contributed by atoms with E-state index in [2.05, 4.69) is 0 Å². The van der Waals surface area contributed by atoms with E-state index in [4.69, 9.17) is 0 Å². The summed E-state index contributed by atoms with van der Waals surface area (Å²) in [5, 5.41) is 10.6. The van der Waals surface area contributed by atoms with Crippen LogP contribution in [0.4, 0.5) is 5.69 Å². The highest BCUT2D eigenvalue weighted by Crippen LogP contribution is 2.27. The van der Waals surface area contributed by atoms with E-state index in [-0.39, 0.29) is 10.6 Å². The van der Waals surface area contributed by atoms with Crippen molar-refractivity contribution in [1.82, 2.24) is 0 Å². The average molecular weight is 277 g/mol. The maximum atomic E-state index is 10.6. The number of rotatable bonds is 1. The van der Waals surface area contributed by atoms with Gasteiger partial charge in [-0.2, -0.15) is 0 Å². The molecule has 0 aromatic heterocycles. The molecule has 64 valence electrons. The Morgan fingerprint density at radius 1 is 1.33 bits per heavy atom. The van der Waals surface area contributed by atoms with Gasteiger partial charge in [0.2, 0.25) is 0 Å². The first-order valence-electron chi connectivity index (χ1n) is 3.44. The largest absolute Gasteiger partial charge is 0.285 e. The van der Waals surface area contributed by atoms with Gasteiger partial charge in [0.25, 0.3) is 5.69 Å². The Balaban J connectivity index is 3.43. The third-order valence-electron chi connectivity index (χ3n) is 1.69. The van der Waals surface area contributed by atoms with Gasteiger partial charge in [-0.15, -0.1) is 0 Å². The highest BCUT2D eigenvalue weighted by Gasteiger charge is 2.16. The number of halogens is 1. The van der Waals surface area contributed by atoms with Gasteiger partial charge in [0.05, 0.1) is 8.49 Å². The summed E-state index contributed by atoms with van der Waals surface area (Å²) in [6, 6.07) is 3.67. The Hall–Kier alpha value is -0.650. The van der Waals surface area contributed by atoms with Gasteiger partial charge in [0.1, 0.15) is 0 Å². The molecule has 12 heavy (non-hydrogen) atoms. The maximum absolute atomic E-state index is 10.6. The number of hydrogen-bond acceptors (Lipinski definition) is 2. The molecule has 0 saturated heterocycles. The molecule has 0 radical (unpaired) electrons. The number of nitrogens with zero attached hydrogens (tertiary/aromatic N) is 1. The number of benzene rings is 1. The van der Waals surface area contributed by atoms with Crippen molar-refractivity contribution >= 4 is 28.3 Å². The highest BCUT2D eigenvalue weighted by molar-refractivity contribution is 14.1. The van der Waals surface area contributed by atoms with Crippen LogP contribution >= 0.6 is 22.6 Å². The highest BCUT2D eigenvalue weighted by atomic mass is 127. The minimum Gasteiger partial charge on any atom is -0.258 e. The number of nitro groups is 1. The topological polar surface area (TPSA) is 43.1 Å². The fraction of sp³-hybridized carbons (Fsp3) is 0.250. The second kappa shape index (κ2) is 3.38. The normalized spacial score (nSPS) is 9.92. The van der Waals surface area contributed by atoms with Crippen LogP contribution in [0.15, 0.2) is 12.1 Å². The lowest BCUT2D eigenvalue weighted by atomic mass is 10.1. The third-order valence-corrected chi connectivity index (χ3v) is 3.06. The zero-order valence-corrected chi connectivity index (χ0v) is 8.95. The van der Waals surface area contributed by atoms with Gasteiger partial charge < -0.3 is 0 Å². The fourth-order valence-electron chi connectivity index (χ4n) is 0.986. The van der Waals surface area contributed by atoms with E-state index in [1.807, 2.05) is 35.6 Å². The minimum atomic E-state index is -0.329. The smallest absolute Gasteiger partial charge is 0.258 e. The molecule has 1 aromatic rings. The first-order chi connectivity index (χ1) is 5.54. The van der Waals surface area contributed by atoms with E-state index in [0.29, 0.717) is 0 Å². The quantitative estimate of drug-likeness (QED) is 0.450. The van der Waals surface area contributed by atoms with Crippen LogP contribution in [0, 0.1) is 27.5 Å². The van der Waals surface area contributed by atoms with Crippen molar-refractivity contribution in [3.63, 3.8) is 0 Å². The lowest BCUT2D eigenvalue weighted by Crippen LogP contribution is -1.96. The van der Waals surface area contributed by atoms with Crippen molar-refractivity contribution in [1.29, 1.82) is 0 Å². The molecular formula is C8H8INO2. The molecule has 0 aliphatic carbocycles. The summed E-state index contributed by atoms with van der Waals surface area (Å²) in [5.74, 6) is 0. The van der Waals surface area contributed by atoms with Gasteiger partial charge in [-0.05, 0) is 42.0 Å². The molecule has 0 unspecified atom stereocenters. The lowest BCUT2D eigenvalue weighted by Gasteiger charge is -2.01. The SMILES string of the molecule is Cc1ccc(C)c([N+](=O)[O-])c1I. The zero-order chi connectivity index (χ0) is 9.30. The molecule has 4 heteroatoms. The van der Waals surface area contributed by atoms with Gasteiger partial charge in [-0.25, -0.2) is 0 Å². The summed E-state index contributed by atoms with van der Waals surface area (Å²) in [4.78, 5) is 10.3. The maximum Gasteiger partial charge on any atom is 0.285 e. The Labute approximate surface area is 84.1 Å². The molecule has 0 atom stereocenters. The molecule has 0 bridgehead atoms. The summed E-state index contributed by atoms with van der Waals surface area (Å²) in [6.07, 6.45) is 0. The number of nitro benzene ring substituents is 1. The lowest BCUT2D eigenvalue weighted by molar-refractivity contribution is -0.386. The van der Waals surface area contributed by atoms with E-state index in [1.165, 1.54) is 0 Å². The molecule has 1 aromatic carbocycles. The van der Waals surface area contributed by atoms with Crippen LogP contribution in [0.25, 0.3) is 0 Å². The van der Waals surface area contributed by atoms with Gasteiger partial charge in [-0.1, -0.05) is 12.1 Å².